The second kappa shape index (κ2) is 8.46. The van der Waals surface area contributed by atoms with Gasteiger partial charge in [-0.15, -0.1) is 0 Å². The molecule has 0 amide bonds. The zero-order chi connectivity index (χ0) is 22.8. The zero-order valence-corrected chi connectivity index (χ0v) is 18.2. The first kappa shape index (κ1) is 21.0. The van der Waals surface area contributed by atoms with Gasteiger partial charge in [-0.3, -0.25) is 9.78 Å². The number of aryl methyl sites for hydroxylation is 2. The molecule has 4 rings (SSSR count). The summed E-state index contributed by atoms with van der Waals surface area (Å²) < 4.78 is 12.1. The number of ether oxygens (including phenoxy) is 2. The number of benzene rings is 1. The third-order valence-electron chi connectivity index (χ3n) is 4.91. The summed E-state index contributed by atoms with van der Waals surface area (Å²) >= 11 is 0. The number of nitrogen functional groups attached to an aromatic ring is 1. The fourth-order valence-corrected chi connectivity index (χ4v) is 3.27. The van der Waals surface area contributed by atoms with Gasteiger partial charge in [0.05, 0.1) is 26.1 Å². The van der Waals surface area contributed by atoms with Crippen LogP contribution in [-0.2, 0) is 7.05 Å². The summed E-state index contributed by atoms with van der Waals surface area (Å²) in [5.74, 6) is 1.29. The lowest BCUT2D eigenvalue weighted by molar-refractivity contribution is 0.394. The maximum atomic E-state index is 12.9. The molecular formula is C23H22N6O3. The van der Waals surface area contributed by atoms with Gasteiger partial charge in [0.2, 0.25) is 0 Å². The van der Waals surface area contributed by atoms with Gasteiger partial charge in [0.15, 0.2) is 5.82 Å². The predicted molar refractivity (Wildman–Crippen MR) is 121 cm³/mol. The molecule has 9 heteroatoms. The van der Waals surface area contributed by atoms with Gasteiger partial charge < -0.3 is 19.8 Å². The van der Waals surface area contributed by atoms with E-state index in [0.717, 1.165) is 11.1 Å². The Morgan fingerprint density at radius 2 is 1.56 bits per heavy atom. The Balaban J connectivity index is 1.89. The van der Waals surface area contributed by atoms with Crippen molar-refractivity contribution in [3.63, 3.8) is 0 Å². The molecule has 0 atom stereocenters. The van der Waals surface area contributed by atoms with Crippen LogP contribution in [0, 0.1) is 6.92 Å². The highest BCUT2D eigenvalue weighted by Gasteiger charge is 2.17. The van der Waals surface area contributed by atoms with E-state index in [0.29, 0.717) is 34.1 Å². The summed E-state index contributed by atoms with van der Waals surface area (Å²) in [4.78, 5) is 30.7. The number of aromatic nitrogens is 5. The van der Waals surface area contributed by atoms with E-state index in [1.807, 2.05) is 13.0 Å². The molecular weight excluding hydrogens is 408 g/mol. The molecule has 0 aliphatic carbocycles. The minimum Gasteiger partial charge on any atom is -0.497 e. The highest BCUT2D eigenvalue weighted by Crippen LogP contribution is 2.29. The Hall–Kier alpha value is -4.27. The monoisotopic (exact) mass is 430 g/mol. The molecule has 0 fully saturated rings. The fourth-order valence-electron chi connectivity index (χ4n) is 3.27. The Bertz CT molecular complexity index is 1340. The summed E-state index contributed by atoms with van der Waals surface area (Å²) in [7, 11) is 4.73. The predicted octanol–water partition coefficient (Wildman–Crippen LogP) is 2.87. The highest BCUT2D eigenvalue weighted by molar-refractivity contribution is 5.72. The van der Waals surface area contributed by atoms with Crippen LogP contribution in [0.4, 0.5) is 5.82 Å². The Kier molecular flexibility index (Phi) is 5.55. The molecule has 3 aromatic heterocycles. The minimum absolute atomic E-state index is 0.203. The van der Waals surface area contributed by atoms with Gasteiger partial charge in [0.1, 0.15) is 28.6 Å². The molecule has 9 nitrogen and oxygen atoms in total. The average Bonchev–Trinajstić information content (AvgIpc) is 2.80. The molecule has 1 aromatic carbocycles. The molecule has 0 bridgehead atoms. The number of hydrogen-bond acceptors (Lipinski definition) is 8. The second-order valence-corrected chi connectivity index (χ2v) is 7.23. The third-order valence-corrected chi connectivity index (χ3v) is 4.91. The van der Waals surface area contributed by atoms with E-state index in [1.54, 1.807) is 64.3 Å². The fraction of sp³-hybridized carbons (Fsp3) is 0.174. The quantitative estimate of drug-likeness (QED) is 0.513. The van der Waals surface area contributed by atoms with E-state index in [9.17, 15) is 4.79 Å². The van der Waals surface area contributed by atoms with Gasteiger partial charge in [0.25, 0.3) is 5.56 Å². The molecule has 0 aliphatic heterocycles. The van der Waals surface area contributed by atoms with E-state index in [4.69, 9.17) is 15.2 Å². The van der Waals surface area contributed by atoms with Crippen molar-refractivity contribution in [3.05, 3.63) is 65.0 Å². The lowest BCUT2D eigenvalue weighted by Crippen LogP contribution is -2.20. The first-order valence-electron chi connectivity index (χ1n) is 9.75. The molecule has 0 saturated heterocycles. The van der Waals surface area contributed by atoms with Crippen molar-refractivity contribution in [1.82, 2.24) is 24.5 Å². The van der Waals surface area contributed by atoms with E-state index >= 15 is 0 Å². The van der Waals surface area contributed by atoms with Crippen molar-refractivity contribution in [2.24, 2.45) is 7.05 Å². The van der Waals surface area contributed by atoms with Crippen molar-refractivity contribution in [3.8, 4) is 45.4 Å². The number of nitrogens with zero attached hydrogens (tertiary/aromatic N) is 5. The average molecular weight is 430 g/mol. The van der Waals surface area contributed by atoms with Gasteiger partial charge in [-0.05, 0) is 30.7 Å². The SMILES string of the molecule is COc1cc(OC)cc(-c2nc(-c3nc(-c4cncc(C)c4)cnc3N)cn(C)c2=O)c1. The van der Waals surface area contributed by atoms with Crippen LogP contribution in [0.1, 0.15) is 5.56 Å². The van der Waals surface area contributed by atoms with Crippen LogP contribution in [-0.4, -0.2) is 38.7 Å². The molecule has 4 aromatic rings. The van der Waals surface area contributed by atoms with E-state index in [-0.39, 0.29) is 17.1 Å². The molecule has 3 heterocycles. The lowest BCUT2D eigenvalue weighted by Gasteiger charge is -2.12. The van der Waals surface area contributed by atoms with Crippen LogP contribution in [0.3, 0.4) is 0 Å². The summed E-state index contributed by atoms with van der Waals surface area (Å²) in [6.45, 7) is 1.95. The maximum absolute atomic E-state index is 12.9. The van der Waals surface area contributed by atoms with Crippen molar-refractivity contribution >= 4 is 5.82 Å². The zero-order valence-electron chi connectivity index (χ0n) is 18.2. The molecule has 2 N–H and O–H groups in total. The number of rotatable bonds is 5. The molecule has 0 saturated carbocycles. The van der Waals surface area contributed by atoms with Gasteiger partial charge in [-0.2, -0.15) is 0 Å². The van der Waals surface area contributed by atoms with E-state index in [1.165, 1.54) is 4.57 Å². The van der Waals surface area contributed by atoms with Crippen LogP contribution in [0.2, 0.25) is 0 Å². The molecule has 0 spiro atoms. The molecule has 0 aliphatic rings. The van der Waals surface area contributed by atoms with Crippen molar-refractivity contribution in [2.45, 2.75) is 6.92 Å². The Labute approximate surface area is 184 Å². The summed E-state index contributed by atoms with van der Waals surface area (Å²) in [6, 6.07) is 7.12. The van der Waals surface area contributed by atoms with Gasteiger partial charge in [-0.25, -0.2) is 15.0 Å². The first-order valence-corrected chi connectivity index (χ1v) is 9.75. The minimum atomic E-state index is -0.283. The maximum Gasteiger partial charge on any atom is 0.276 e. The standard InChI is InChI=1S/C23H22N6O3/c1-13-5-15(10-25-9-13)18-11-26-22(24)21(27-18)19-12-29(2)23(30)20(28-19)14-6-16(31-3)8-17(7-14)32-4/h5-12H,1-4H3,(H2,24,26). The third kappa shape index (κ3) is 4.00. The van der Waals surface area contributed by atoms with Crippen molar-refractivity contribution in [1.29, 1.82) is 0 Å². The van der Waals surface area contributed by atoms with Crippen LogP contribution in [0.25, 0.3) is 33.9 Å². The van der Waals surface area contributed by atoms with Crippen LogP contribution >= 0.6 is 0 Å². The normalized spacial score (nSPS) is 10.8. The highest BCUT2D eigenvalue weighted by atomic mass is 16.5. The largest absolute Gasteiger partial charge is 0.497 e. The van der Waals surface area contributed by atoms with Crippen LogP contribution in [0.5, 0.6) is 11.5 Å². The summed E-state index contributed by atoms with van der Waals surface area (Å²) in [5.41, 5.74) is 9.81. The smallest absolute Gasteiger partial charge is 0.276 e. The molecule has 0 unspecified atom stereocenters. The van der Waals surface area contributed by atoms with Crippen LogP contribution in [0.15, 0.2) is 53.8 Å². The van der Waals surface area contributed by atoms with Crippen LogP contribution < -0.4 is 20.8 Å². The topological polar surface area (TPSA) is 118 Å². The summed E-state index contributed by atoms with van der Waals surface area (Å²) in [6.07, 6.45) is 6.64. The molecule has 162 valence electrons. The van der Waals surface area contributed by atoms with E-state index < -0.39 is 0 Å². The van der Waals surface area contributed by atoms with Gasteiger partial charge in [-0.1, -0.05) is 0 Å². The van der Waals surface area contributed by atoms with Gasteiger partial charge >= 0.3 is 0 Å². The Morgan fingerprint density at radius 3 is 2.22 bits per heavy atom. The first-order chi connectivity index (χ1) is 15.4. The Morgan fingerprint density at radius 1 is 0.875 bits per heavy atom. The molecule has 32 heavy (non-hydrogen) atoms. The van der Waals surface area contributed by atoms with Crippen molar-refractivity contribution in [2.75, 3.05) is 20.0 Å². The van der Waals surface area contributed by atoms with E-state index in [2.05, 4.69) is 19.9 Å². The van der Waals surface area contributed by atoms with Gasteiger partial charge in [0, 0.05) is 42.8 Å². The van der Waals surface area contributed by atoms with Crippen molar-refractivity contribution < 1.29 is 9.47 Å². The lowest BCUT2D eigenvalue weighted by atomic mass is 10.1. The number of nitrogens with two attached hydrogens (primary N) is 1. The number of hydrogen-bond donors (Lipinski definition) is 1. The number of methoxy groups -OCH3 is 2. The molecule has 0 radical (unpaired) electrons. The number of pyridine rings is 1. The summed E-state index contributed by atoms with van der Waals surface area (Å²) in [5, 5.41) is 0. The number of anilines is 1. The second-order valence-electron chi connectivity index (χ2n) is 7.23.